The highest BCUT2D eigenvalue weighted by molar-refractivity contribution is 5.96. The molecule has 0 aromatic heterocycles. The minimum Gasteiger partial charge on any atom is -0.385 e. The molecular weight excluding hydrogens is 456 g/mol. The Labute approximate surface area is 211 Å². The number of aryl methyl sites for hydroxylation is 1. The van der Waals surface area contributed by atoms with Crippen LogP contribution in [0.1, 0.15) is 28.8 Å². The van der Waals surface area contributed by atoms with Crippen LogP contribution in [0.15, 0.2) is 78.9 Å². The lowest BCUT2D eigenvalue weighted by Crippen LogP contribution is -2.25. The van der Waals surface area contributed by atoms with E-state index in [0.717, 1.165) is 12.0 Å². The molecule has 0 atom stereocenters. The summed E-state index contributed by atoms with van der Waals surface area (Å²) in [4.78, 5) is 36.8. The molecule has 0 fully saturated rings. The zero-order chi connectivity index (χ0) is 25.6. The smallest absolute Gasteiger partial charge is 0.251 e. The Balaban J connectivity index is 1.41. The highest BCUT2D eigenvalue weighted by Crippen LogP contribution is 2.15. The Bertz CT molecular complexity index is 1130. The number of anilines is 3. The fourth-order valence-corrected chi connectivity index (χ4v) is 3.44. The summed E-state index contributed by atoms with van der Waals surface area (Å²) in [5.74, 6) is -0.471. The molecule has 3 aromatic carbocycles. The molecule has 0 unspecified atom stereocenters. The Morgan fingerprint density at radius 3 is 2.17 bits per heavy atom. The van der Waals surface area contributed by atoms with Gasteiger partial charge in [0.25, 0.3) is 5.91 Å². The van der Waals surface area contributed by atoms with E-state index < -0.39 is 0 Å². The van der Waals surface area contributed by atoms with Crippen LogP contribution in [0.5, 0.6) is 0 Å². The standard InChI is InChI=1S/C28H32N4O4/c1-36-18-6-17-29-28(35)22-9-5-10-25(19-22)30-20-27(34)32-24-14-12-23(13-15-24)31-26(33)16-11-21-7-3-2-4-8-21/h2-5,7-10,12-15,19,30H,6,11,16-18,20H2,1H3,(H,29,35)(H,31,33)(H,32,34). The van der Waals surface area contributed by atoms with Crippen molar-refractivity contribution in [1.29, 1.82) is 0 Å². The largest absolute Gasteiger partial charge is 0.385 e. The third kappa shape index (κ3) is 9.23. The summed E-state index contributed by atoms with van der Waals surface area (Å²) in [5.41, 5.74) is 3.59. The number of amides is 3. The first kappa shape index (κ1) is 26.4. The summed E-state index contributed by atoms with van der Waals surface area (Å²) in [6.07, 6.45) is 1.81. The number of hydrogen-bond acceptors (Lipinski definition) is 5. The van der Waals surface area contributed by atoms with E-state index in [1.807, 2.05) is 30.3 Å². The molecule has 0 saturated carbocycles. The predicted molar refractivity (Wildman–Crippen MR) is 142 cm³/mol. The normalized spacial score (nSPS) is 10.4. The lowest BCUT2D eigenvalue weighted by molar-refractivity contribution is -0.116. The predicted octanol–water partition coefficient (Wildman–Crippen LogP) is 4.07. The van der Waals surface area contributed by atoms with Gasteiger partial charge in [-0.05, 0) is 60.9 Å². The summed E-state index contributed by atoms with van der Waals surface area (Å²) in [5, 5.41) is 11.6. The maximum Gasteiger partial charge on any atom is 0.251 e. The average Bonchev–Trinajstić information content (AvgIpc) is 2.90. The number of carbonyl (C=O) groups is 3. The van der Waals surface area contributed by atoms with Crippen molar-refractivity contribution in [3.05, 3.63) is 90.0 Å². The fraction of sp³-hybridized carbons (Fsp3) is 0.250. The quantitative estimate of drug-likeness (QED) is 0.271. The second kappa shape index (κ2) is 14.3. The van der Waals surface area contributed by atoms with Gasteiger partial charge in [0.1, 0.15) is 0 Å². The Morgan fingerprint density at radius 2 is 1.47 bits per heavy atom. The first-order valence-electron chi connectivity index (χ1n) is 11.9. The summed E-state index contributed by atoms with van der Waals surface area (Å²) in [6.45, 7) is 1.16. The van der Waals surface area contributed by atoms with Crippen LogP contribution in [-0.4, -0.2) is 44.5 Å². The Morgan fingerprint density at radius 1 is 0.778 bits per heavy atom. The summed E-state index contributed by atoms with van der Waals surface area (Å²) < 4.78 is 4.97. The molecule has 3 amide bonds. The van der Waals surface area contributed by atoms with Gasteiger partial charge in [-0.3, -0.25) is 14.4 Å². The second-order valence-corrected chi connectivity index (χ2v) is 8.20. The second-order valence-electron chi connectivity index (χ2n) is 8.20. The topological polar surface area (TPSA) is 109 Å². The van der Waals surface area contributed by atoms with Crippen molar-refractivity contribution in [2.75, 3.05) is 42.8 Å². The first-order chi connectivity index (χ1) is 17.5. The minimum atomic E-state index is -0.232. The first-order valence-corrected chi connectivity index (χ1v) is 11.9. The van der Waals surface area contributed by atoms with E-state index in [1.165, 1.54) is 0 Å². The van der Waals surface area contributed by atoms with Gasteiger partial charge in [0.2, 0.25) is 11.8 Å². The van der Waals surface area contributed by atoms with Crippen molar-refractivity contribution in [3.8, 4) is 0 Å². The number of rotatable bonds is 13. The molecule has 0 aliphatic rings. The molecule has 3 rings (SSSR count). The molecule has 0 heterocycles. The molecule has 0 spiro atoms. The summed E-state index contributed by atoms with van der Waals surface area (Å²) in [7, 11) is 1.62. The third-order valence-corrected chi connectivity index (χ3v) is 5.32. The SMILES string of the molecule is COCCCNC(=O)c1cccc(NCC(=O)Nc2ccc(NC(=O)CCc3ccccc3)cc2)c1. The van der Waals surface area contributed by atoms with Crippen LogP contribution in [-0.2, 0) is 20.7 Å². The van der Waals surface area contributed by atoms with E-state index in [9.17, 15) is 14.4 Å². The lowest BCUT2D eigenvalue weighted by atomic mass is 10.1. The van der Waals surface area contributed by atoms with Gasteiger partial charge in [-0.25, -0.2) is 0 Å². The Hall–Kier alpha value is -4.17. The zero-order valence-corrected chi connectivity index (χ0v) is 20.4. The van der Waals surface area contributed by atoms with Crippen molar-refractivity contribution >= 4 is 34.8 Å². The van der Waals surface area contributed by atoms with Gasteiger partial charge in [0, 0.05) is 49.3 Å². The maximum atomic E-state index is 12.4. The zero-order valence-electron chi connectivity index (χ0n) is 20.4. The van der Waals surface area contributed by atoms with E-state index in [0.29, 0.717) is 48.6 Å². The Kier molecular flexibility index (Phi) is 10.5. The molecule has 36 heavy (non-hydrogen) atoms. The summed E-state index contributed by atoms with van der Waals surface area (Å²) >= 11 is 0. The number of hydrogen-bond donors (Lipinski definition) is 4. The summed E-state index contributed by atoms with van der Waals surface area (Å²) in [6, 6.07) is 23.8. The average molecular weight is 489 g/mol. The molecule has 8 nitrogen and oxygen atoms in total. The number of nitrogens with one attached hydrogen (secondary N) is 4. The van der Waals surface area contributed by atoms with Crippen molar-refractivity contribution < 1.29 is 19.1 Å². The molecule has 4 N–H and O–H groups in total. The molecule has 188 valence electrons. The molecule has 0 aliphatic carbocycles. The van der Waals surface area contributed by atoms with Gasteiger partial charge < -0.3 is 26.0 Å². The number of benzene rings is 3. The number of ether oxygens (including phenoxy) is 1. The van der Waals surface area contributed by atoms with Crippen LogP contribution >= 0.6 is 0 Å². The highest BCUT2D eigenvalue weighted by Gasteiger charge is 2.08. The molecule has 8 heteroatoms. The molecule has 0 saturated heterocycles. The number of methoxy groups -OCH3 is 1. The maximum absolute atomic E-state index is 12.4. The molecule has 0 bridgehead atoms. The van der Waals surface area contributed by atoms with Crippen molar-refractivity contribution in [3.63, 3.8) is 0 Å². The van der Waals surface area contributed by atoms with Crippen LogP contribution in [0, 0.1) is 0 Å². The third-order valence-electron chi connectivity index (χ3n) is 5.32. The minimum absolute atomic E-state index is 0.0386. The lowest BCUT2D eigenvalue weighted by Gasteiger charge is -2.10. The van der Waals surface area contributed by atoms with Gasteiger partial charge >= 0.3 is 0 Å². The fourth-order valence-electron chi connectivity index (χ4n) is 3.44. The molecule has 3 aromatic rings. The molecule has 0 radical (unpaired) electrons. The van der Waals surface area contributed by atoms with E-state index in [-0.39, 0.29) is 24.3 Å². The van der Waals surface area contributed by atoms with Gasteiger partial charge in [-0.2, -0.15) is 0 Å². The van der Waals surface area contributed by atoms with Crippen molar-refractivity contribution in [2.24, 2.45) is 0 Å². The highest BCUT2D eigenvalue weighted by atomic mass is 16.5. The number of carbonyl (C=O) groups excluding carboxylic acids is 3. The van der Waals surface area contributed by atoms with Crippen LogP contribution in [0.2, 0.25) is 0 Å². The van der Waals surface area contributed by atoms with Crippen molar-refractivity contribution in [2.45, 2.75) is 19.3 Å². The van der Waals surface area contributed by atoms with Gasteiger partial charge in [0.05, 0.1) is 6.54 Å². The van der Waals surface area contributed by atoms with E-state index in [4.69, 9.17) is 4.74 Å². The van der Waals surface area contributed by atoms with Gasteiger partial charge in [0.15, 0.2) is 0 Å². The van der Waals surface area contributed by atoms with E-state index >= 15 is 0 Å². The van der Waals surface area contributed by atoms with Crippen LogP contribution in [0.4, 0.5) is 17.1 Å². The van der Waals surface area contributed by atoms with Crippen molar-refractivity contribution in [1.82, 2.24) is 5.32 Å². The van der Waals surface area contributed by atoms with E-state index in [1.54, 1.807) is 55.6 Å². The molecule has 0 aliphatic heterocycles. The monoisotopic (exact) mass is 488 g/mol. The van der Waals surface area contributed by atoms with E-state index in [2.05, 4.69) is 21.3 Å². The van der Waals surface area contributed by atoms with Gasteiger partial charge in [-0.1, -0.05) is 36.4 Å². The van der Waals surface area contributed by atoms with Gasteiger partial charge in [-0.15, -0.1) is 0 Å². The molecular formula is C28H32N4O4. The van der Waals surface area contributed by atoms with Crippen LogP contribution < -0.4 is 21.3 Å². The van der Waals surface area contributed by atoms with Crippen LogP contribution in [0.3, 0.4) is 0 Å². The van der Waals surface area contributed by atoms with Crippen LogP contribution in [0.25, 0.3) is 0 Å².